The van der Waals surface area contributed by atoms with Crippen LogP contribution in [0.3, 0.4) is 0 Å². The Balaban J connectivity index is 1.73. The maximum Gasteiger partial charge on any atom is 0.314 e. The average Bonchev–Trinajstić information content (AvgIpc) is 3.09. The highest BCUT2D eigenvalue weighted by Gasteiger charge is 2.24. The number of anilines is 3. The van der Waals surface area contributed by atoms with Crippen LogP contribution in [0.4, 0.5) is 17.1 Å². The van der Waals surface area contributed by atoms with E-state index in [1.165, 1.54) is 13.2 Å². The van der Waals surface area contributed by atoms with E-state index in [1.807, 2.05) is 6.92 Å². The van der Waals surface area contributed by atoms with Crippen molar-refractivity contribution in [3.63, 3.8) is 0 Å². The normalized spacial score (nSPS) is 13.4. The van der Waals surface area contributed by atoms with E-state index in [0.29, 0.717) is 35.1 Å². The molecule has 1 aliphatic rings. The molecular weight excluding hydrogens is 382 g/mol. The van der Waals surface area contributed by atoms with Crippen LogP contribution in [0.5, 0.6) is 5.75 Å². The predicted octanol–water partition coefficient (Wildman–Crippen LogP) is 3.36. The fourth-order valence-electron chi connectivity index (χ4n) is 3.03. The van der Waals surface area contributed by atoms with Gasteiger partial charge >= 0.3 is 11.8 Å². The summed E-state index contributed by atoms with van der Waals surface area (Å²) in [5.74, 6) is -1.27. The number of nitrogens with one attached hydrogen (secondary N) is 2. The average molecular weight is 402 g/mol. The first-order chi connectivity index (χ1) is 13.4. The smallest absolute Gasteiger partial charge is 0.314 e. The van der Waals surface area contributed by atoms with Crippen LogP contribution in [-0.2, 0) is 14.4 Å². The highest BCUT2D eigenvalue weighted by Crippen LogP contribution is 2.29. The molecule has 2 aromatic carbocycles. The van der Waals surface area contributed by atoms with Gasteiger partial charge in [-0.25, -0.2) is 0 Å². The van der Waals surface area contributed by atoms with Crippen molar-refractivity contribution in [3.05, 3.63) is 47.0 Å². The van der Waals surface area contributed by atoms with Gasteiger partial charge in [0, 0.05) is 29.4 Å². The van der Waals surface area contributed by atoms with Gasteiger partial charge in [-0.2, -0.15) is 0 Å². The van der Waals surface area contributed by atoms with Gasteiger partial charge in [0.15, 0.2) is 0 Å². The second kappa shape index (κ2) is 8.31. The standard InChI is InChI=1S/C20H20ClN3O4/c1-12-5-7-14(11-16(12)24-9-3-4-18(24)25)22-19(26)20(27)23-15-10-13(21)6-8-17(15)28-2/h5-8,10-11H,3-4,9H2,1-2H3,(H,22,26)(H,23,27). The fraction of sp³-hybridized carbons (Fsp3) is 0.250. The lowest BCUT2D eigenvalue weighted by Crippen LogP contribution is -2.29. The minimum atomic E-state index is -0.861. The first kappa shape index (κ1) is 19.7. The molecular formula is C20H20ClN3O4. The van der Waals surface area contributed by atoms with E-state index in [-0.39, 0.29) is 5.91 Å². The van der Waals surface area contributed by atoms with Crippen LogP contribution in [0.1, 0.15) is 18.4 Å². The topological polar surface area (TPSA) is 87.7 Å². The molecule has 0 spiro atoms. The molecule has 146 valence electrons. The molecule has 8 heteroatoms. The summed E-state index contributed by atoms with van der Waals surface area (Å²) in [5, 5.41) is 5.44. The van der Waals surface area contributed by atoms with E-state index in [2.05, 4.69) is 10.6 Å². The number of methoxy groups -OCH3 is 1. The summed E-state index contributed by atoms with van der Waals surface area (Å²) in [4.78, 5) is 38.3. The van der Waals surface area contributed by atoms with Crippen LogP contribution in [0.15, 0.2) is 36.4 Å². The fourth-order valence-corrected chi connectivity index (χ4v) is 3.20. The molecule has 28 heavy (non-hydrogen) atoms. The quantitative estimate of drug-likeness (QED) is 0.769. The van der Waals surface area contributed by atoms with Gasteiger partial charge in [-0.05, 0) is 49.2 Å². The number of carbonyl (C=O) groups excluding carboxylic acids is 3. The Morgan fingerprint density at radius 1 is 1.11 bits per heavy atom. The molecule has 0 bridgehead atoms. The van der Waals surface area contributed by atoms with Gasteiger partial charge in [0.2, 0.25) is 5.91 Å². The van der Waals surface area contributed by atoms with Crippen molar-refractivity contribution in [2.24, 2.45) is 0 Å². The molecule has 3 rings (SSSR count). The van der Waals surface area contributed by atoms with Crippen LogP contribution in [0.2, 0.25) is 5.02 Å². The summed E-state index contributed by atoms with van der Waals surface area (Å²) < 4.78 is 5.15. The molecule has 1 heterocycles. The van der Waals surface area contributed by atoms with Crippen LogP contribution < -0.4 is 20.3 Å². The van der Waals surface area contributed by atoms with Gasteiger partial charge in [-0.3, -0.25) is 14.4 Å². The lowest BCUT2D eigenvalue weighted by atomic mass is 10.1. The Morgan fingerprint density at radius 3 is 2.54 bits per heavy atom. The van der Waals surface area contributed by atoms with Crippen molar-refractivity contribution in [2.45, 2.75) is 19.8 Å². The highest BCUT2D eigenvalue weighted by molar-refractivity contribution is 6.44. The number of carbonyl (C=O) groups is 3. The number of benzene rings is 2. The summed E-state index contributed by atoms with van der Waals surface area (Å²) in [7, 11) is 1.45. The third-order valence-corrected chi connectivity index (χ3v) is 4.68. The summed E-state index contributed by atoms with van der Waals surface area (Å²) in [6.07, 6.45) is 1.32. The molecule has 1 saturated heterocycles. The van der Waals surface area contributed by atoms with Crippen molar-refractivity contribution in [1.29, 1.82) is 0 Å². The molecule has 0 aromatic heterocycles. The van der Waals surface area contributed by atoms with Crippen molar-refractivity contribution >= 4 is 46.4 Å². The number of amides is 3. The van der Waals surface area contributed by atoms with Gasteiger partial charge in [0.05, 0.1) is 12.8 Å². The van der Waals surface area contributed by atoms with Crippen LogP contribution >= 0.6 is 11.6 Å². The van der Waals surface area contributed by atoms with Crippen molar-refractivity contribution in [1.82, 2.24) is 0 Å². The van der Waals surface area contributed by atoms with E-state index in [9.17, 15) is 14.4 Å². The summed E-state index contributed by atoms with van der Waals surface area (Å²) in [6, 6.07) is 9.88. The zero-order valence-corrected chi connectivity index (χ0v) is 16.3. The first-order valence-corrected chi connectivity index (χ1v) is 9.13. The van der Waals surface area contributed by atoms with E-state index in [4.69, 9.17) is 16.3 Å². The SMILES string of the molecule is COc1ccc(Cl)cc1NC(=O)C(=O)Nc1ccc(C)c(N2CCCC2=O)c1. The number of rotatable bonds is 4. The largest absolute Gasteiger partial charge is 0.495 e. The minimum Gasteiger partial charge on any atom is -0.495 e. The zero-order valence-electron chi connectivity index (χ0n) is 15.5. The molecule has 2 aromatic rings. The number of hydrogen-bond acceptors (Lipinski definition) is 4. The number of hydrogen-bond donors (Lipinski definition) is 2. The number of aryl methyl sites for hydroxylation is 1. The highest BCUT2D eigenvalue weighted by atomic mass is 35.5. The molecule has 2 N–H and O–H groups in total. The molecule has 3 amide bonds. The molecule has 7 nitrogen and oxygen atoms in total. The molecule has 0 atom stereocenters. The Hall–Kier alpha value is -3.06. The van der Waals surface area contributed by atoms with Crippen LogP contribution in [0, 0.1) is 6.92 Å². The zero-order chi connectivity index (χ0) is 20.3. The van der Waals surface area contributed by atoms with E-state index in [1.54, 1.807) is 35.2 Å². The summed E-state index contributed by atoms with van der Waals surface area (Å²) in [6.45, 7) is 2.54. The third kappa shape index (κ3) is 4.26. The summed E-state index contributed by atoms with van der Waals surface area (Å²) >= 11 is 5.93. The minimum absolute atomic E-state index is 0.0531. The predicted molar refractivity (Wildman–Crippen MR) is 108 cm³/mol. The molecule has 0 radical (unpaired) electrons. The molecule has 1 fully saturated rings. The van der Waals surface area contributed by atoms with Crippen molar-refractivity contribution < 1.29 is 19.1 Å². The first-order valence-electron chi connectivity index (χ1n) is 8.76. The lowest BCUT2D eigenvalue weighted by molar-refractivity contribution is -0.133. The second-order valence-corrected chi connectivity index (χ2v) is 6.84. The Kier molecular flexibility index (Phi) is 5.84. The van der Waals surface area contributed by atoms with E-state index in [0.717, 1.165) is 17.7 Å². The second-order valence-electron chi connectivity index (χ2n) is 6.40. The van der Waals surface area contributed by atoms with Crippen LogP contribution in [-0.4, -0.2) is 31.4 Å². The summed E-state index contributed by atoms with van der Waals surface area (Å²) in [5.41, 5.74) is 2.37. The van der Waals surface area contributed by atoms with Gasteiger partial charge < -0.3 is 20.3 Å². The van der Waals surface area contributed by atoms with Crippen molar-refractivity contribution in [3.8, 4) is 5.75 Å². The molecule has 0 unspecified atom stereocenters. The third-order valence-electron chi connectivity index (χ3n) is 4.45. The molecule has 0 saturated carbocycles. The van der Waals surface area contributed by atoms with Gasteiger partial charge in [0.25, 0.3) is 0 Å². The Bertz CT molecular complexity index is 945. The molecule has 0 aliphatic carbocycles. The number of halogens is 1. The lowest BCUT2D eigenvalue weighted by Gasteiger charge is -2.19. The monoisotopic (exact) mass is 401 g/mol. The molecule has 1 aliphatic heterocycles. The van der Waals surface area contributed by atoms with Gasteiger partial charge in [-0.1, -0.05) is 17.7 Å². The van der Waals surface area contributed by atoms with Gasteiger partial charge in [0.1, 0.15) is 5.75 Å². The maximum absolute atomic E-state index is 12.3. The van der Waals surface area contributed by atoms with E-state index < -0.39 is 11.8 Å². The Labute approximate surface area is 167 Å². The van der Waals surface area contributed by atoms with Crippen LogP contribution in [0.25, 0.3) is 0 Å². The number of ether oxygens (including phenoxy) is 1. The number of nitrogens with zero attached hydrogens (tertiary/aromatic N) is 1. The van der Waals surface area contributed by atoms with E-state index >= 15 is 0 Å². The van der Waals surface area contributed by atoms with Crippen molar-refractivity contribution in [2.75, 3.05) is 29.2 Å². The Morgan fingerprint density at radius 2 is 1.86 bits per heavy atom. The van der Waals surface area contributed by atoms with Gasteiger partial charge in [-0.15, -0.1) is 0 Å². The maximum atomic E-state index is 12.3.